The molecule has 0 saturated carbocycles. The fourth-order valence-corrected chi connectivity index (χ4v) is 3.94. The van der Waals surface area contributed by atoms with Crippen molar-refractivity contribution >= 4 is 11.6 Å². The van der Waals surface area contributed by atoms with Crippen LogP contribution < -0.4 is 0 Å². The van der Waals surface area contributed by atoms with E-state index < -0.39 is 0 Å². The van der Waals surface area contributed by atoms with E-state index in [4.69, 9.17) is 21.3 Å². The van der Waals surface area contributed by atoms with Gasteiger partial charge in [0.2, 0.25) is 0 Å². The second-order valence-electron chi connectivity index (χ2n) is 7.55. The van der Waals surface area contributed by atoms with E-state index in [1.807, 2.05) is 29.1 Å². The van der Waals surface area contributed by atoms with Crippen LogP contribution >= 0.6 is 11.6 Å². The summed E-state index contributed by atoms with van der Waals surface area (Å²) in [7, 11) is 0. The fourth-order valence-electron chi connectivity index (χ4n) is 3.73. The lowest BCUT2D eigenvalue weighted by atomic mass is 10.1. The normalized spacial score (nSPS) is 17.6. The number of aryl methyl sites for hydroxylation is 2. The minimum Gasteiger partial charge on any atom is -0.369 e. The van der Waals surface area contributed by atoms with Gasteiger partial charge in [-0.2, -0.15) is 5.10 Å². The summed E-state index contributed by atoms with van der Waals surface area (Å²) in [5, 5.41) is 5.35. The highest BCUT2D eigenvalue weighted by atomic mass is 35.5. The molecular weight excluding hydrogens is 384 g/mol. The van der Waals surface area contributed by atoms with Gasteiger partial charge in [-0.3, -0.25) is 14.6 Å². The third-order valence-electron chi connectivity index (χ3n) is 5.45. The molecule has 152 valence electrons. The van der Waals surface area contributed by atoms with Gasteiger partial charge in [0.1, 0.15) is 6.10 Å². The molecule has 0 N–H and O–H groups in total. The quantitative estimate of drug-likeness (QED) is 0.603. The highest BCUT2D eigenvalue weighted by Crippen LogP contribution is 2.24. The molecule has 0 spiro atoms. The van der Waals surface area contributed by atoms with Gasteiger partial charge in [-0.05, 0) is 37.1 Å². The van der Waals surface area contributed by atoms with Crippen molar-refractivity contribution in [1.82, 2.24) is 19.7 Å². The molecule has 29 heavy (non-hydrogen) atoms. The van der Waals surface area contributed by atoms with Crippen LogP contribution in [0.15, 0.2) is 48.8 Å². The number of benzene rings is 1. The molecule has 1 aliphatic heterocycles. The van der Waals surface area contributed by atoms with Crippen molar-refractivity contribution in [2.45, 2.75) is 39.5 Å². The Balaban J connectivity index is 1.40. The predicted octanol–water partition coefficient (Wildman–Crippen LogP) is 4.42. The van der Waals surface area contributed by atoms with E-state index in [2.05, 4.69) is 48.2 Å². The first-order valence-corrected chi connectivity index (χ1v) is 10.5. The number of aromatic nitrogens is 3. The molecule has 0 amide bonds. The van der Waals surface area contributed by atoms with Crippen molar-refractivity contribution < 1.29 is 4.74 Å². The summed E-state index contributed by atoms with van der Waals surface area (Å²) in [5.41, 5.74) is 5.65. The van der Waals surface area contributed by atoms with E-state index in [-0.39, 0.29) is 6.10 Å². The van der Waals surface area contributed by atoms with Crippen LogP contribution in [0.25, 0.3) is 0 Å². The molecule has 2 aromatic heterocycles. The molecule has 1 aliphatic rings. The molecule has 3 aromatic rings. The minimum absolute atomic E-state index is 0.000334. The summed E-state index contributed by atoms with van der Waals surface area (Å²) >= 11 is 6.28. The molecule has 6 heteroatoms. The van der Waals surface area contributed by atoms with Gasteiger partial charge in [-0.25, -0.2) is 0 Å². The molecular formula is C23H27ClN4O. The zero-order valence-corrected chi connectivity index (χ0v) is 17.8. The summed E-state index contributed by atoms with van der Waals surface area (Å²) in [6.45, 7) is 8.48. The van der Waals surface area contributed by atoms with E-state index >= 15 is 0 Å². The lowest BCUT2D eigenvalue weighted by molar-refractivity contribution is -0.0350. The average molecular weight is 411 g/mol. The number of nitrogens with zero attached hydrogens (tertiary/aromatic N) is 4. The molecule has 0 aliphatic carbocycles. The van der Waals surface area contributed by atoms with Gasteiger partial charge >= 0.3 is 0 Å². The summed E-state index contributed by atoms with van der Waals surface area (Å²) < 4.78 is 8.02. The van der Waals surface area contributed by atoms with E-state index in [0.29, 0.717) is 6.61 Å². The van der Waals surface area contributed by atoms with Gasteiger partial charge in [-0.1, -0.05) is 35.9 Å². The number of morpholine rings is 1. The first kappa shape index (κ1) is 20.1. The van der Waals surface area contributed by atoms with Crippen molar-refractivity contribution in [2.24, 2.45) is 0 Å². The monoisotopic (exact) mass is 410 g/mol. The third-order valence-corrected chi connectivity index (χ3v) is 5.82. The van der Waals surface area contributed by atoms with Crippen LogP contribution in [0.4, 0.5) is 0 Å². The van der Waals surface area contributed by atoms with Crippen LogP contribution in [0, 0.1) is 6.92 Å². The first-order chi connectivity index (χ1) is 14.1. The van der Waals surface area contributed by atoms with Crippen LogP contribution in [-0.4, -0.2) is 39.4 Å². The number of hydrogen-bond donors (Lipinski definition) is 0. The average Bonchev–Trinajstić information content (AvgIpc) is 3.10. The van der Waals surface area contributed by atoms with Crippen molar-refractivity contribution in [1.29, 1.82) is 0 Å². The summed E-state index contributed by atoms with van der Waals surface area (Å²) in [5.74, 6) is 0. The Morgan fingerprint density at radius 2 is 2.03 bits per heavy atom. The molecule has 1 aromatic carbocycles. The van der Waals surface area contributed by atoms with Crippen LogP contribution in [0.1, 0.15) is 41.1 Å². The molecule has 0 unspecified atom stereocenters. The highest BCUT2D eigenvalue weighted by Gasteiger charge is 2.24. The van der Waals surface area contributed by atoms with Crippen molar-refractivity contribution in [2.75, 3.05) is 19.7 Å². The van der Waals surface area contributed by atoms with E-state index in [1.54, 1.807) is 0 Å². The van der Waals surface area contributed by atoms with Gasteiger partial charge < -0.3 is 4.74 Å². The largest absolute Gasteiger partial charge is 0.369 e. The zero-order valence-electron chi connectivity index (χ0n) is 17.0. The van der Waals surface area contributed by atoms with E-state index in [1.165, 1.54) is 5.56 Å². The van der Waals surface area contributed by atoms with Crippen LogP contribution in [-0.2, 0) is 24.2 Å². The number of halogens is 1. The lowest BCUT2D eigenvalue weighted by Crippen LogP contribution is -2.38. The topological polar surface area (TPSA) is 43.2 Å². The molecule has 1 atom stereocenters. The zero-order chi connectivity index (χ0) is 20.2. The molecule has 3 heterocycles. The Morgan fingerprint density at radius 3 is 2.76 bits per heavy atom. The maximum Gasteiger partial charge on any atom is 0.112 e. The minimum atomic E-state index is -0.000334. The Morgan fingerprint density at radius 1 is 1.17 bits per heavy atom. The van der Waals surface area contributed by atoms with Crippen LogP contribution in [0.2, 0.25) is 5.02 Å². The Hall–Kier alpha value is -2.21. The van der Waals surface area contributed by atoms with Crippen molar-refractivity contribution in [3.8, 4) is 0 Å². The molecule has 0 bridgehead atoms. The summed E-state index contributed by atoms with van der Waals surface area (Å²) in [4.78, 5) is 7.12. The molecule has 0 radical (unpaired) electrons. The molecule has 4 rings (SSSR count). The first-order valence-electron chi connectivity index (χ1n) is 10.2. The molecule has 5 nitrogen and oxygen atoms in total. The number of pyridine rings is 1. The van der Waals surface area contributed by atoms with Gasteiger partial charge in [-0.15, -0.1) is 0 Å². The third kappa shape index (κ3) is 4.86. The maximum absolute atomic E-state index is 6.28. The van der Waals surface area contributed by atoms with Gasteiger partial charge in [0.05, 0.1) is 18.0 Å². The second-order valence-corrected chi connectivity index (χ2v) is 7.96. The van der Waals surface area contributed by atoms with Crippen molar-refractivity contribution in [3.63, 3.8) is 0 Å². The SMILES string of the molecule is CCn1cc(CN2CCO[C@H](c3ccc(Cc4ccccc4Cl)cn3)C2)c(C)n1. The van der Waals surface area contributed by atoms with Crippen LogP contribution in [0.5, 0.6) is 0 Å². The van der Waals surface area contributed by atoms with Gasteiger partial charge in [0.15, 0.2) is 0 Å². The Bertz CT molecular complexity index is 954. The smallest absolute Gasteiger partial charge is 0.112 e. The molecule has 1 saturated heterocycles. The second kappa shape index (κ2) is 9.08. The maximum atomic E-state index is 6.28. The Labute approximate surface area is 177 Å². The molecule has 1 fully saturated rings. The van der Waals surface area contributed by atoms with Gasteiger partial charge in [0, 0.05) is 55.6 Å². The van der Waals surface area contributed by atoms with E-state index in [9.17, 15) is 0 Å². The number of hydrogen-bond acceptors (Lipinski definition) is 4. The Kier molecular flexibility index (Phi) is 6.28. The predicted molar refractivity (Wildman–Crippen MR) is 115 cm³/mol. The number of rotatable bonds is 6. The van der Waals surface area contributed by atoms with Gasteiger partial charge in [0.25, 0.3) is 0 Å². The highest BCUT2D eigenvalue weighted by molar-refractivity contribution is 6.31. The lowest BCUT2D eigenvalue weighted by Gasteiger charge is -2.32. The fraction of sp³-hybridized carbons (Fsp3) is 0.391. The standard InChI is InChI=1S/C23H27ClN4O/c1-3-28-15-20(17(2)26-28)14-27-10-11-29-23(16-27)22-9-8-18(13-25-22)12-19-6-4-5-7-21(19)24/h4-9,13,15,23H,3,10-12,14,16H2,1-2H3/t23-/m0/s1. The van der Waals surface area contributed by atoms with Crippen LogP contribution in [0.3, 0.4) is 0 Å². The van der Waals surface area contributed by atoms with E-state index in [0.717, 1.165) is 60.1 Å². The summed E-state index contributed by atoms with van der Waals surface area (Å²) in [6, 6.07) is 12.2. The summed E-state index contributed by atoms with van der Waals surface area (Å²) in [6.07, 6.45) is 4.88. The van der Waals surface area contributed by atoms with Crippen molar-refractivity contribution in [3.05, 3.63) is 81.9 Å². The number of ether oxygens (including phenoxy) is 1.